The predicted octanol–water partition coefficient (Wildman–Crippen LogP) is 2.26. The highest BCUT2D eigenvalue weighted by Gasteiger charge is 2.29. The van der Waals surface area contributed by atoms with Crippen LogP contribution in [0.4, 0.5) is 13.6 Å². The Bertz CT molecular complexity index is 1190. The molecule has 2 N–H and O–H groups in total. The average Bonchev–Trinajstić information content (AvgIpc) is 3.09. The number of aromatic nitrogens is 3. The van der Waals surface area contributed by atoms with Gasteiger partial charge in [-0.05, 0) is 25.1 Å². The number of morpholine rings is 1. The lowest BCUT2D eigenvalue weighted by atomic mass is 10.0. The van der Waals surface area contributed by atoms with E-state index in [0.717, 1.165) is 12.1 Å². The third-order valence-electron chi connectivity index (χ3n) is 5.33. The van der Waals surface area contributed by atoms with Crippen molar-refractivity contribution in [3.05, 3.63) is 53.0 Å². The predicted molar refractivity (Wildman–Crippen MR) is 110 cm³/mol. The number of benzene rings is 1. The standard InChI is InChI=1S/C21H21F2N5O4/c1-11-3-4-28-16(9-13-10-27(21(30)31)5-6-32-13)18(26-20(28)25-11)17-14(22)7-12(8-15(17)23)19(29)24-2/h3-4,7-8,13H,5-6,9-10H2,1-2H3,(H,24,29)(H,30,31). The van der Waals surface area contributed by atoms with Crippen molar-refractivity contribution in [2.45, 2.75) is 19.4 Å². The molecule has 0 bridgehead atoms. The van der Waals surface area contributed by atoms with Crippen LogP contribution >= 0.6 is 0 Å². The molecular weight excluding hydrogens is 424 g/mol. The van der Waals surface area contributed by atoms with Crippen molar-refractivity contribution in [3.63, 3.8) is 0 Å². The highest BCUT2D eigenvalue weighted by atomic mass is 19.1. The van der Waals surface area contributed by atoms with E-state index < -0.39 is 29.7 Å². The second-order valence-corrected chi connectivity index (χ2v) is 7.47. The number of imidazole rings is 1. The van der Waals surface area contributed by atoms with Gasteiger partial charge in [0, 0.05) is 37.5 Å². The number of carbonyl (C=O) groups is 2. The fourth-order valence-electron chi connectivity index (χ4n) is 3.77. The zero-order valence-electron chi connectivity index (χ0n) is 17.4. The lowest BCUT2D eigenvalue weighted by molar-refractivity contribution is -0.0214. The highest BCUT2D eigenvalue weighted by molar-refractivity contribution is 5.94. The number of aryl methyl sites for hydroxylation is 1. The topological polar surface area (TPSA) is 109 Å². The highest BCUT2D eigenvalue weighted by Crippen LogP contribution is 2.31. The number of halogens is 2. The number of fused-ring (bicyclic) bond motifs is 1. The van der Waals surface area contributed by atoms with Crippen LogP contribution in [0, 0.1) is 18.6 Å². The molecule has 0 saturated carbocycles. The molecular formula is C21H21F2N5O4. The summed E-state index contributed by atoms with van der Waals surface area (Å²) < 4.78 is 37.4. The average molecular weight is 445 g/mol. The molecule has 9 nitrogen and oxygen atoms in total. The van der Waals surface area contributed by atoms with Crippen molar-refractivity contribution in [1.82, 2.24) is 24.6 Å². The molecule has 1 aliphatic heterocycles. The first kappa shape index (κ1) is 21.6. The van der Waals surface area contributed by atoms with Crippen LogP contribution in [-0.2, 0) is 11.2 Å². The first-order valence-corrected chi connectivity index (χ1v) is 9.94. The number of carbonyl (C=O) groups excluding carboxylic acids is 1. The number of rotatable bonds is 4. The maximum atomic E-state index is 15.0. The van der Waals surface area contributed by atoms with Crippen LogP contribution in [-0.4, -0.2) is 69.2 Å². The maximum Gasteiger partial charge on any atom is 0.407 e. The second kappa shape index (κ2) is 8.50. The smallest absolute Gasteiger partial charge is 0.407 e. The van der Waals surface area contributed by atoms with Crippen molar-refractivity contribution in [1.29, 1.82) is 0 Å². The van der Waals surface area contributed by atoms with Gasteiger partial charge >= 0.3 is 6.09 Å². The molecule has 3 aromatic rings. The molecule has 11 heteroatoms. The van der Waals surface area contributed by atoms with Gasteiger partial charge in [-0.25, -0.2) is 23.5 Å². The van der Waals surface area contributed by atoms with Crippen LogP contribution in [0.2, 0.25) is 0 Å². The normalized spacial score (nSPS) is 16.4. The summed E-state index contributed by atoms with van der Waals surface area (Å²) in [5.74, 6) is -2.26. The van der Waals surface area contributed by atoms with Gasteiger partial charge in [-0.2, -0.15) is 0 Å². The first-order chi connectivity index (χ1) is 15.3. The summed E-state index contributed by atoms with van der Waals surface area (Å²) >= 11 is 0. The molecule has 1 unspecified atom stereocenters. The van der Waals surface area contributed by atoms with Crippen LogP contribution in [0.15, 0.2) is 24.4 Å². The molecule has 1 saturated heterocycles. The first-order valence-electron chi connectivity index (χ1n) is 9.94. The number of carboxylic acid groups (broad SMARTS) is 1. The molecule has 0 spiro atoms. The van der Waals surface area contributed by atoms with Gasteiger partial charge in [-0.3, -0.25) is 9.20 Å². The van der Waals surface area contributed by atoms with E-state index in [1.165, 1.54) is 11.9 Å². The summed E-state index contributed by atoms with van der Waals surface area (Å²) in [6, 6.07) is 3.63. The molecule has 0 radical (unpaired) electrons. The van der Waals surface area contributed by atoms with Gasteiger partial charge in [-0.1, -0.05) is 0 Å². The SMILES string of the molecule is CNC(=O)c1cc(F)c(-c2nc3nc(C)ccn3c2CC2CN(C(=O)O)CCO2)c(F)c1. The van der Waals surface area contributed by atoms with Crippen molar-refractivity contribution < 1.29 is 28.2 Å². The third-order valence-corrected chi connectivity index (χ3v) is 5.33. The number of amides is 2. The van der Waals surface area contributed by atoms with E-state index in [2.05, 4.69) is 15.3 Å². The largest absolute Gasteiger partial charge is 0.465 e. The van der Waals surface area contributed by atoms with Gasteiger partial charge in [0.15, 0.2) is 0 Å². The van der Waals surface area contributed by atoms with E-state index in [4.69, 9.17) is 4.74 Å². The Labute approximate surface area is 181 Å². The van der Waals surface area contributed by atoms with Crippen LogP contribution in [0.25, 0.3) is 17.0 Å². The Balaban J connectivity index is 1.82. The van der Waals surface area contributed by atoms with Crippen molar-refractivity contribution in [2.75, 3.05) is 26.7 Å². The van der Waals surface area contributed by atoms with Crippen LogP contribution in [0.1, 0.15) is 21.7 Å². The quantitative estimate of drug-likeness (QED) is 0.638. The zero-order chi connectivity index (χ0) is 23.0. The van der Waals surface area contributed by atoms with Crippen molar-refractivity contribution >= 4 is 17.8 Å². The van der Waals surface area contributed by atoms with Crippen LogP contribution in [0.5, 0.6) is 0 Å². The molecule has 1 fully saturated rings. The fourth-order valence-corrected chi connectivity index (χ4v) is 3.77. The van der Waals surface area contributed by atoms with Gasteiger partial charge in [0.25, 0.3) is 5.91 Å². The minimum absolute atomic E-state index is 0.0256. The summed E-state index contributed by atoms with van der Waals surface area (Å²) in [6.45, 7) is 2.34. The Morgan fingerprint density at radius 2 is 2.00 bits per heavy atom. The van der Waals surface area contributed by atoms with E-state index in [1.807, 2.05) is 0 Å². The van der Waals surface area contributed by atoms with Gasteiger partial charge in [0.1, 0.15) is 17.3 Å². The third kappa shape index (κ3) is 3.98. The van der Waals surface area contributed by atoms with E-state index in [1.54, 1.807) is 23.6 Å². The molecule has 4 rings (SSSR count). The number of ether oxygens (including phenoxy) is 1. The van der Waals surface area contributed by atoms with E-state index >= 15 is 8.78 Å². The lowest BCUT2D eigenvalue weighted by Gasteiger charge is -2.31. The monoisotopic (exact) mass is 445 g/mol. The number of hydrogen-bond acceptors (Lipinski definition) is 5. The van der Waals surface area contributed by atoms with Gasteiger partial charge < -0.3 is 20.1 Å². The second-order valence-electron chi connectivity index (χ2n) is 7.47. The van der Waals surface area contributed by atoms with E-state index in [-0.39, 0.29) is 48.7 Å². The minimum Gasteiger partial charge on any atom is -0.465 e. The van der Waals surface area contributed by atoms with Gasteiger partial charge in [0.05, 0.1) is 30.5 Å². The van der Waals surface area contributed by atoms with Crippen molar-refractivity contribution in [2.24, 2.45) is 0 Å². The summed E-state index contributed by atoms with van der Waals surface area (Å²) in [5, 5.41) is 11.6. The lowest BCUT2D eigenvalue weighted by Crippen LogP contribution is -2.45. The minimum atomic E-state index is -1.06. The van der Waals surface area contributed by atoms with E-state index in [9.17, 15) is 14.7 Å². The number of hydrogen-bond donors (Lipinski definition) is 2. The van der Waals surface area contributed by atoms with Crippen LogP contribution < -0.4 is 5.32 Å². The summed E-state index contributed by atoms with van der Waals surface area (Å²) in [7, 11) is 1.37. The number of nitrogens with zero attached hydrogens (tertiary/aromatic N) is 4. The summed E-state index contributed by atoms with van der Waals surface area (Å²) in [5.41, 5.74) is 0.579. The Kier molecular flexibility index (Phi) is 5.74. The van der Waals surface area contributed by atoms with Gasteiger partial charge in [0.2, 0.25) is 5.78 Å². The Hall–Kier alpha value is -3.60. The molecule has 168 valence electrons. The van der Waals surface area contributed by atoms with Crippen molar-refractivity contribution in [3.8, 4) is 11.3 Å². The summed E-state index contributed by atoms with van der Waals surface area (Å²) in [6.07, 6.45) is 0.254. The molecule has 1 atom stereocenters. The Morgan fingerprint density at radius 3 is 2.66 bits per heavy atom. The van der Waals surface area contributed by atoms with Crippen LogP contribution in [0.3, 0.4) is 0 Å². The molecule has 1 aromatic carbocycles. The zero-order valence-corrected chi connectivity index (χ0v) is 17.4. The molecule has 0 aliphatic carbocycles. The molecule has 32 heavy (non-hydrogen) atoms. The maximum absolute atomic E-state index is 15.0. The summed E-state index contributed by atoms with van der Waals surface area (Å²) in [4.78, 5) is 33.1. The van der Waals surface area contributed by atoms with E-state index in [0.29, 0.717) is 11.4 Å². The molecule has 1 aliphatic rings. The molecule has 2 aromatic heterocycles. The number of nitrogens with one attached hydrogen (secondary N) is 1. The molecule has 3 heterocycles. The van der Waals surface area contributed by atoms with Gasteiger partial charge in [-0.15, -0.1) is 0 Å². The fraction of sp³-hybridized carbons (Fsp3) is 0.333. The Morgan fingerprint density at radius 1 is 1.28 bits per heavy atom. The molecule has 2 amide bonds.